The minimum absolute atomic E-state index is 0.147. The van der Waals surface area contributed by atoms with Gasteiger partial charge in [-0.2, -0.15) is 0 Å². The average Bonchev–Trinajstić information content (AvgIpc) is 1.77. The summed E-state index contributed by atoms with van der Waals surface area (Å²) < 4.78 is 6.12. The van der Waals surface area contributed by atoms with E-state index >= 15 is 0 Å². The van der Waals surface area contributed by atoms with Crippen LogP contribution in [-0.2, 0) is 56.5 Å². The number of aliphatic hydroxyl groups is 1. The molecule has 12 rings (SSSR count). The van der Waals surface area contributed by atoms with Gasteiger partial charge in [0.15, 0.2) is 0 Å². The van der Waals surface area contributed by atoms with E-state index in [9.17, 15) is 30.3 Å². The van der Waals surface area contributed by atoms with Crippen molar-refractivity contribution in [3.05, 3.63) is 295 Å². The zero-order valence-electron chi connectivity index (χ0n) is 53.2. The highest BCUT2D eigenvalue weighted by Crippen LogP contribution is 2.30. The number of benzene rings is 4. The molecule has 1 aliphatic rings. The molecule has 0 aliphatic carbocycles. The third kappa shape index (κ3) is 20.5. The Kier molecular flexibility index (Phi) is 24.0. The minimum atomic E-state index is -0.468. The number of allylic oxidation sites excluding steroid dienone is 2. The first-order valence-corrected chi connectivity index (χ1v) is 31.1. The van der Waals surface area contributed by atoms with Crippen LogP contribution >= 0.6 is 0 Å². The first-order chi connectivity index (χ1) is 46.0. The van der Waals surface area contributed by atoms with Crippen LogP contribution in [-0.4, -0.2) is 112 Å². The molecule has 1 aliphatic heterocycles. The van der Waals surface area contributed by atoms with Gasteiger partial charge in [-0.15, -0.1) is 0 Å². The number of nitrogens with two attached hydrogens (primary N) is 3. The molecule has 8 heterocycles. The smallest absolute Gasteiger partial charge is 0.217 e. The topological polar surface area (TPSA) is 308 Å². The lowest BCUT2D eigenvalue weighted by Crippen LogP contribution is -2.53. The maximum atomic E-state index is 11.2. The van der Waals surface area contributed by atoms with Gasteiger partial charge < -0.3 is 66.2 Å². The number of phenols is 4. The lowest BCUT2D eigenvalue weighted by Gasteiger charge is -2.43. The number of amides is 1. The van der Waals surface area contributed by atoms with Crippen molar-refractivity contribution in [3.8, 4) is 34.3 Å². The zero-order chi connectivity index (χ0) is 67.1. The fraction of sp³-hybridized carbons (Fsp3) is 0.216. The summed E-state index contributed by atoms with van der Waals surface area (Å²) in [5.41, 5.74) is 32.3. The summed E-state index contributed by atoms with van der Waals surface area (Å²) in [5.74, 6) is 0.717. The standard InChI is InChI=1S/2C19H20N4O.C18H22N4O2.C18H19N3O2/c1-14(20)8-19-18(10-15-5-3-7-21-11-15)22-13-23(19)12-16-4-2-6-17(24)9-16;1-14(20)9-19-18(11-15-5-7-21-8-6-15)22-13-23(19)12-16-3-2-4-17(24)10-16;19-18(24)7-6-16-13-21(15-4-2-8-20-12-15)9-10-22(16)14-3-1-5-17(23)11-14;1-13(22)8-17-18(15-5-3-7-19-10-15)20-12-21(17)11-14-4-2-6-16(23)9-14/h2-7,9,11,13,24H,1,8,10,12,20H2;2-8,10,13,24H,1,9,11-12,20H2;1-5,8,11-12,16,23H,6-7,9-10,13H2,(H2,19,24);2-7,9-10,12-13,22-23H,8,11H2,1H3. The first kappa shape index (κ1) is 67.8. The lowest BCUT2D eigenvalue weighted by molar-refractivity contribution is -0.118. The monoisotopic (exact) mass is 1280 g/mol. The Morgan fingerprint density at radius 3 is 1.49 bits per heavy atom. The third-order valence-corrected chi connectivity index (χ3v) is 15.6. The summed E-state index contributed by atoms with van der Waals surface area (Å²) in [4.78, 5) is 45.9. The van der Waals surface area contributed by atoms with Crippen LogP contribution in [0.3, 0.4) is 0 Å². The van der Waals surface area contributed by atoms with Crippen LogP contribution < -0.4 is 27.0 Å². The maximum absolute atomic E-state index is 11.2. The molecule has 4 aromatic carbocycles. The van der Waals surface area contributed by atoms with Crippen molar-refractivity contribution in [2.75, 3.05) is 29.4 Å². The summed E-state index contributed by atoms with van der Waals surface area (Å²) in [6, 6.07) is 44.7. The van der Waals surface area contributed by atoms with Crippen molar-refractivity contribution < 1.29 is 30.3 Å². The SMILES string of the molecule is C=C(N)Cc1c(Cc2cccnc2)ncn1Cc1cccc(O)c1.C=C(N)Cc1c(Cc2ccncc2)ncn1Cc1cccc(O)c1.CC(O)Cc1c(-c2cccnc2)ncn1Cc1cccc(O)c1.NC(=O)CCC1CN(c2cccnc2)CCN1c1cccc(O)c1. The Hall–Kier alpha value is -11.6. The number of imidazole rings is 3. The van der Waals surface area contributed by atoms with Gasteiger partial charge in [0.2, 0.25) is 5.91 Å². The number of aromatic nitrogens is 10. The molecule has 11 aromatic rings. The molecule has 0 bridgehead atoms. The number of aromatic hydroxyl groups is 4. The van der Waals surface area contributed by atoms with Crippen LogP contribution in [0.5, 0.6) is 23.0 Å². The van der Waals surface area contributed by atoms with Gasteiger partial charge in [-0.05, 0) is 132 Å². The second-order valence-corrected chi connectivity index (χ2v) is 23.3. The Morgan fingerprint density at radius 2 is 1.01 bits per heavy atom. The quantitative estimate of drug-likeness (QED) is 0.0313. The summed E-state index contributed by atoms with van der Waals surface area (Å²) >= 11 is 0. The third-order valence-electron chi connectivity index (χ3n) is 15.6. The molecule has 21 nitrogen and oxygen atoms in total. The summed E-state index contributed by atoms with van der Waals surface area (Å²) in [6.45, 7) is 13.7. The number of carbonyl (C=O) groups excluding carboxylic acids is 1. The van der Waals surface area contributed by atoms with Crippen molar-refractivity contribution >= 4 is 17.3 Å². The van der Waals surface area contributed by atoms with E-state index in [1.165, 1.54) is 0 Å². The number of carbonyl (C=O) groups is 1. The molecule has 11 N–H and O–H groups in total. The molecule has 1 fully saturated rings. The molecular formula is C74H81N15O6. The van der Waals surface area contributed by atoms with Crippen LogP contribution in [0.25, 0.3) is 11.3 Å². The number of nitrogens with zero attached hydrogens (tertiary/aromatic N) is 12. The molecular weight excluding hydrogens is 1190 g/mol. The Morgan fingerprint density at radius 1 is 0.526 bits per heavy atom. The molecule has 0 saturated carbocycles. The number of aliphatic hydroxyl groups excluding tert-OH is 1. The predicted molar refractivity (Wildman–Crippen MR) is 369 cm³/mol. The van der Waals surface area contributed by atoms with Crippen molar-refractivity contribution in [1.82, 2.24) is 48.6 Å². The van der Waals surface area contributed by atoms with Crippen LogP contribution in [0.1, 0.15) is 76.1 Å². The van der Waals surface area contributed by atoms with E-state index < -0.39 is 6.10 Å². The minimum Gasteiger partial charge on any atom is -0.508 e. The molecule has 21 heteroatoms. The molecule has 7 aromatic heterocycles. The number of phenolic OH excluding ortho intramolecular Hbond substituents is 4. The van der Waals surface area contributed by atoms with E-state index in [0.717, 1.165) is 105 Å². The van der Waals surface area contributed by atoms with Gasteiger partial charge in [0.05, 0.1) is 54.1 Å². The fourth-order valence-corrected chi connectivity index (χ4v) is 11.2. The molecule has 1 saturated heterocycles. The van der Waals surface area contributed by atoms with Crippen molar-refractivity contribution in [2.24, 2.45) is 17.2 Å². The summed E-state index contributed by atoms with van der Waals surface area (Å²) in [7, 11) is 0. The van der Waals surface area contributed by atoms with E-state index in [0.29, 0.717) is 69.6 Å². The van der Waals surface area contributed by atoms with Gasteiger partial charge in [-0.3, -0.25) is 24.7 Å². The lowest BCUT2D eigenvalue weighted by atomic mass is 10.0. The highest BCUT2D eigenvalue weighted by molar-refractivity contribution is 5.74. The van der Waals surface area contributed by atoms with Crippen LogP contribution in [0.15, 0.2) is 239 Å². The maximum Gasteiger partial charge on any atom is 0.217 e. The van der Waals surface area contributed by atoms with Gasteiger partial charge >= 0.3 is 0 Å². The number of hydrogen-bond donors (Lipinski definition) is 8. The number of primary amides is 1. The van der Waals surface area contributed by atoms with Gasteiger partial charge in [0.25, 0.3) is 0 Å². The molecule has 2 unspecified atom stereocenters. The molecule has 2 atom stereocenters. The van der Waals surface area contributed by atoms with Gasteiger partial charge in [0.1, 0.15) is 23.0 Å². The van der Waals surface area contributed by atoms with E-state index in [1.807, 2.05) is 127 Å². The van der Waals surface area contributed by atoms with E-state index in [-0.39, 0.29) is 34.9 Å². The number of hydrogen-bond acceptors (Lipinski definition) is 17. The molecule has 95 heavy (non-hydrogen) atoms. The molecule has 1 amide bonds. The second-order valence-electron chi connectivity index (χ2n) is 23.3. The summed E-state index contributed by atoms with van der Waals surface area (Å²) in [5, 5.41) is 48.5. The van der Waals surface area contributed by atoms with Crippen molar-refractivity contribution in [3.63, 3.8) is 0 Å². The number of piperazine rings is 1. The zero-order valence-corrected chi connectivity index (χ0v) is 53.2. The van der Waals surface area contributed by atoms with E-state index in [1.54, 1.807) is 99.0 Å². The number of rotatable bonds is 22. The molecule has 488 valence electrons. The van der Waals surface area contributed by atoms with Crippen LogP contribution in [0.4, 0.5) is 11.4 Å². The van der Waals surface area contributed by atoms with E-state index in [2.05, 4.69) is 67.0 Å². The van der Waals surface area contributed by atoms with Crippen molar-refractivity contribution in [1.29, 1.82) is 0 Å². The van der Waals surface area contributed by atoms with Gasteiger partial charge in [0, 0.05) is 173 Å². The van der Waals surface area contributed by atoms with Crippen LogP contribution in [0.2, 0.25) is 0 Å². The highest BCUT2D eigenvalue weighted by Gasteiger charge is 2.28. The van der Waals surface area contributed by atoms with Gasteiger partial charge in [-0.1, -0.05) is 61.7 Å². The largest absolute Gasteiger partial charge is 0.508 e. The number of pyridine rings is 4. The second kappa shape index (κ2) is 33.7. The Labute approximate surface area is 553 Å². The Bertz CT molecular complexity index is 4090. The van der Waals surface area contributed by atoms with Gasteiger partial charge in [-0.25, -0.2) is 15.0 Å². The van der Waals surface area contributed by atoms with Crippen LogP contribution in [0, 0.1) is 0 Å². The summed E-state index contributed by atoms with van der Waals surface area (Å²) in [6.07, 6.45) is 23.3. The molecule has 0 radical (unpaired) electrons. The Balaban J connectivity index is 0.000000149. The molecule has 0 spiro atoms. The number of anilines is 2. The fourth-order valence-electron chi connectivity index (χ4n) is 11.2. The van der Waals surface area contributed by atoms with Crippen molar-refractivity contribution in [2.45, 2.75) is 83.6 Å². The normalized spacial score (nSPS) is 12.8. The average molecular weight is 1280 g/mol. The first-order valence-electron chi connectivity index (χ1n) is 31.1. The highest BCUT2D eigenvalue weighted by atomic mass is 16.3. The van der Waals surface area contributed by atoms with E-state index in [4.69, 9.17) is 17.2 Å². The predicted octanol–water partition coefficient (Wildman–Crippen LogP) is 9.65.